The largest absolute Gasteiger partial charge is 0.297 e. The molecule has 1 aromatic heterocycles. The molecule has 0 saturated heterocycles. The fourth-order valence-corrected chi connectivity index (χ4v) is 2.74. The van der Waals surface area contributed by atoms with Crippen molar-refractivity contribution >= 4 is 22.9 Å². The van der Waals surface area contributed by atoms with Crippen molar-refractivity contribution in [3.8, 4) is 0 Å². The van der Waals surface area contributed by atoms with Crippen molar-refractivity contribution in [3.63, 3.8) is 0 Å². The Hall–Kier alpha value is -0.190. The molecule has 0 bridgehead atoms. The summed E-state index contributed by atoms with van der Waals surface area (Å²) in [6.07, 6.45) is 4.20. The lowest BCUT2D eigenvalue weighted by Crippen LogP contribution is -2.32. The van der Waals surface area contributed by atoms with Crippen LogP contribution in [0.4, 0.5) is 0 Å². The first-order valence-corrected chi connectivity index (χ1v) is 6.67. The third-order valence-electron chi connectivity index (χ3n) is 2.99. The first kappa shape index (κ1) is 11.3. The van der Waals surface area contributed by atoms with Gasteiger partial charge in [-0.2, -0.15) is 0 Å². The van der Waals surface area contributed by atoms with E-state index in [2.05, 4.69) is 22.0 Å². The molecular formula is C10H16ClN3S. The molecule has 5 heteroatoms. The molecule has 0 aromatic carbocycles. The van der Waals surface area contributed by atoms with Crippen LogP contribution in [0.3, 0.4) is 0 Å². The zero-order valence-corrected chi connectivity index (χ0v) is 10.5. The summed E-state index contributed by atoms with van der Waals surface area (Å²) in [4.78, 5) is 2.43. The van der Waals surface area contributed by atoms with Crippen molar-refractivity contribution in [2.45, 2.75) is 32.7 Å². The molecule has 15 heavy (non-hydrogen) atoms. The predicted molar refractivity (Wildman–Crippen MR) is 63.2 cm³/mol. The average Bonchev–Trinajstić information content (AvgIpc) is 2.55. The zero-order valence-electron chi connectivity index (χ0n) is 8.95. The summed E-state index contributed by atoms with van der Waals surface area (Å²) in [6.45, 7) is 5.38. The fraction of sp³-hybridized carbons (Fsp3) is 0.800. The number of hydrogen-bond donors (Lipinski definition) is 0. The van der Waals surface area contributed by atoms with Gasteiger partial charge in [0, 0.05) is 6.54 Å². The molecule has 1 saturated carbocycles. The Kier molecular flexibility index (Phi) is 3.94. The Bertz CT molecular complexity index is 311. The van der Waals surface area contributed by atoms with Crippen molar-refractivity contribution in [2.24, 2.45) is 5.92 Å². The summed E-state index contributed by atoms with van der Waals surface area (Å²) in [7, 11) is 0. The summed E-state index contributed by atoms with van der Waals surface area (Å²) in [5, 5.41) is 8.90. The van der Waals surface area contributed by atoms with Gasteiger partial charge in [-0.05, 0) is 36.9 Å². The molecule has 0 aliphatic heterocycles. The molecule has 0 amide bonds. The van der Waals surface area contributed by atoms with Gasteiger partial charge in [-0.1, -0.05) is 24.7 Å². The second kappa shape index (κ2) is 5.23. The third-order valence-corrected chi connectivity index (χ3v) is 3.99. The van der Waals surface area contributed by atoms with E-state index in [0.29, 0.717) is 4.47 Å². The molecule has 1 aliphatic carbocycles. The van der Waals surface area contributed by atoms with Crippen LogP contribution in [-0.4, -0.2) is 28.2 Å². The highest BCUT2D eigenvalue weighted by Crippen LogP contribution is 2.27. The Morgan fingerprint density at radius 1 is 1.47 bits per heavy atom. The molecule has 0 atom stereocenters. The summed E-state index contributed by atoms with van der Waals surface area (Å²) in [6, 6.07) is 0. The molecule has 0 unspecified atom stereocenters. The summed E-state index contributed by atoms with van der Waals surface area (Å²) in [5.74, 6) is 0.911. The first-order valence-electron chi connectivity index (χ1n) is 5.48. The van der Waals surface area contributed by atoms with Gasteiger partial charge in [-0.3, -0.25) is 4.90 Å². The van der Waals surface area contributed by atoms with Crippen molar-refractivity contribution in [1.29, 1.82) is 0 Å². The van der Waals surface area contributed by atoms with Crippen molar-refractivity contribution in [1.82, 2.24) is 15.1 Å². The standard InChI is InChI=1S/C10H16ClN3S/c1-2-14(6-8-4-3-5-8)7-9-12-13-10(11)15-9/h8H,2-7H2,1H3. The van der Waals surface area contributed by atoms with E-state index >= 15 is 0 Å². The Morgan fingerprint density at radius 3 is 2.73 bits per heavy atom. The van der Waals surface area contributed by atoms with E-state index in [0.717, 1.165) is 24.0 Å². The summed E-state index contributed by atoms with van der Waals surface area (Å²) >= 11 is 7.24. The quantitative estimate of drug-likeness (QED) is 0.799. The highest BCUT2D eigenvalue weighted by atomic mass is 35.5. The smallest absolute Gasteiger partial charge is 0.207 e. The zero-order chi connectivity index (χ0) is 10.7. The minimum atomic E-state index is 0.546. The van der Waals surface area contributed by atoms with E-state index in [1.165, 1.54) is 37.1 Å². The lowest BCUT2D eigenvalue weighted by Gasteiger charge is -2.31. The van der Waals surface area contributed by atoms with E-state index in [1.54, 1.807) is 0 Å². The van der Waals surface area contributed by atoms with Crippen LogP contribution in [0.5, 0.6) is 0 Å². The Morgan fingerprint density at radius 2 is 2.27 bits per heavy atom. The summed E-state index contributed by atoms with van der Waals surface area (Å²) in [5.41, 5.74) is 0. The Labute approximate surface area is 99.5 Å². The van der Waals surface area contributed by atoms with Gasteiger partial charge >= 0.3 is 0 Å². The second-order valence-corrected chi connectivity index (χ2v) is 5.72. The van der Waals surface area contributed by atoms with Gasteiger partial charge in [0.25, 0.3) is 0 Å². The van der Waals surface area contributed by atoms with Gasteiger partial charge in [0.05, 0.1) is 6.54 Å². The van der Waals surface area contributed by atoms with Gasteiger partial charge in [0.2, 0.25) is 4.47 Å². The van der Waals surface area contributed by atoms with Crippen molar-refractivity contribution in [3.05, 3.63) is 9.47 Å². The number of hydrogen-bond acceptors (Lipinski definition) is 4. The van der Waals surface area contributed by atoms with Crippen LogP contribution in [0, 0.1) is 5.92 Å². The average molecular weight is 246 g/mol. The minimum absolute atomic E-state index is 0.546. The van der Waals surface area contributed by atoms with Crippen molar-refractivity contribution in [2.75, 3.05) is 13.1 Å². The maximum atomic E-state index is 5.76. The molecule has 1 fully saturated rings. The molecule has 1 heterocycles. The minimum Gasteiger partial charge on any atom is -0.297 e. The number of rotatable bonds is 5. The highest BCUT2D eigenvalue weighted by Gasteiger charge is 2.20. The maximum Gasteiger partial charge on any atom is 0.207 e. The molecule has 2 rings (SSSR count). The molecule has 0 N–H and O–H groups in total. The van der Waals surface area contributed by atoms with Gasteiger partial charge in [0.15, 0.2) is 0 Å². The van der Waals surface area contributed by atoms with Gasteiger partial charge in [-0.25, -0.2) is 0 Å². The van der Waals surface area contributed by atoms with Gasteiger partial charge in [0.1, 0.15) is 5.01 Å². The van der Waals surface area contributed by atoms with Crippen LogP contribution in [0.25, 0.3) is 0 Å². The number of nitrogens with zero attached hydrogens (tertiary/aromatic N) is 3. The molecule has 1 aliphatic rings. The SMILES string of the molecule is CCN(Cc1nnc(Cl)s1)CC1CCC1. The van der Waals surface area contributed by atoms with E-state index in [1.807, 2.05) is 0 Å². The van der Waals surface area contributed by atoms with Crippen LogP contribution in [-0.2, 0) is 6.54 Å². The molecule has 1 aromatic rings. The molecule has 0 spiro atoms. The van der Waals surface area contributed by atoms with Crippen LogP contribution < -0.4 is 0 Å². The van der Waals surface area contributed by atoms with Crippen molar-refractivity contribution < 1.29 is 0 Å². The predicted octanol–water partition coefficient (Wildman–Crippen LogP) is 2.81. The van der Waals surface area contributed by atoms with E-state index in [9.17, 15) is 0 Å². The van der Waals surface area contributed by atoms with Crippen LogP contribution >= 0.6 is 22.9 Å². The second-order valence-electron chi connectivity index (χ2n) is 4.07. The summed E-state index contributed by atoms with van der Waals surface area (Å²) < 4.78 is 0.546. The van der Waals surface area contributed by atoms with Gasteiger partial charge < -0.3 is 0 Å². The highest BCUT2D eigenvalue weighted by molar-refractivity contribution is 7.15. The van der Waals surface area contributed by atoms with E-state index in [4.69, 9.17) is 11.6 Å². The molecular weight excluding hydrogens is 230 g/mol. The lowest BCUT2D eigenvalue weighted by molar-refractivity contribution is 0.178. The molecule has 84 valence electrons. The van der Waals surface area contributed by atoms with E-state index < -0.39 is 0 Å². The lowest BCUT2D eigenvalue weighted by atomic mass is 9.85. The van der Waals surface area contributed by atoms with Gasteiger partial charge in [-0.15, -0.1) is 10.2 Å². The Balaban J connectivity index is 1.84. The fourth-order valence-electron chi connectivity index (χ4n) is 1.83. The normalized spacial score (nSPS) is 17.0. The topological polar surface area (TPSA) is 29.0 Å². The number of halogens is 1. The number of aromatic nitrogens is 2. The third kappa shape index (κ3) is 3.13. The molecule has 0 radical (unpaired) electrons. The van der Waals surface area contributed by atoms with E-state index in [-0.39, 0.29) is 0 Å². The maximum absolute atomic E-state index is 5.76. The van der Waals surface area contributed by atoms with Crippen LogP contribution in [0.15, 0.2) is 0 Å². The molecule has 3 nitrogen and oxygen atoms in total. The monoisotopic (exact) mass is 245 g/mol. The van der Waals surface area contributed by atoms with Crippen LogP contribution in [0.2, 0.25) is 4.47 Å². The van der Waals surface area contributed by atoms with Crippen LogP contribution in [0.1, 0.15) is 31.2 Å². The first-order chi connectivity index (χ1) is 7.28.